The van der Waals surface area contributed by atoms with E-state index in [0.29, 0.717) is 43.2 Å². The van der Waals surface area contributed by atoms with Gasteiger partial charge in [0, 0.05) is 43.6 Å². The summed E-state index contributed by atoms with van der Waals surface area (Å²) < 4.78 is 5.34. The zero-order valence-electron chi connectivity index (χ0n) is 18.7. The minimum absolute atomic E-state index is 0.0336. The summed E-state index contributed by atoms with van der Waals surface area (Å²) in [6.07, 6.45) is 1.62. The second kappa shape index (κ2) is 10.2. The van der Waals surface area contributed by atoms with Gasteiger partial charge in [-0.1, -0.05) is 68.4 Å². The minimum Gasteiger partial charge on any atom is -0.342 e. The van der Waals surface area contributed by atoms with Gasteiger partial charge >= 0.3 is 0 Å². The lowest BCUT2D eigenvalue weighted by atomic mass is 9.91. The summed E-state index contributed by atoms with van der Waals surface area (Å²) in [5, 5.41) is 14.9. The van der Waals surface area contributed by atoms with Gasteiger partial charge in [-0.2, -0.15) is 4.98 Å². The third-order valence-electron chi connectivity index (χ3n) is 4.93. The number of hydrogen-bond acceptors (Lipinski definition) is 6. The second-order valence-electron chi connectivity index (χ2n) is 8.92. The van der Waals surface area contributed by atoms with Crippen LogP contribution < -0.4 is 0 Å². The number of carbonyl (C=O) groups is 1. The summed E-state index contributed by atoms with van der Waals surface area (Å²) in [5.74, 6) is 0.771. The van der Waals surface area contributed by atoms with Gasteiger partial charge in [0.1, 0.15) is 0 Å². The number of aromatic nitrogens is 2. The molecule has 0 saturated heterocycles. The molecule has 0 radical (unpaired) electrons. The summed E-state index contributed by atoms with van der Waals surface area (Å²) in [5.41, 5.74) is 1.54. The average molecular weight is 437 g/mol. The SMILES string of the molecule is CC(C)(C)CC(=O)N(CCc1ccccc1)CCc1nc(-c2cccc([N+](=O)[O-])c2)no1. The topological polar surface area (TPSA) is 102 Å². The molecule has 168 valence electrons. The van der Waals surface area contributed by atoms with Crippen LogP contribution in [0.1, 0.15) is 38.6 Å². The first-order valence-corrected chi connectivity index (χ1v) is 10.6. The average Bonchev–Trinajstić information content (AvgIpc) is 3.22. The Morgan fingerprint density at radius 3 is 2.47 bits per heavy atom. The summed E-state index contributed by atoms with van der Waals surface area (Å²) >= 11 is 0. The van der Waals surface area contributed by atoms with E-state index < -0.39 is 4.92 Å². The van der Waals surface area contributed by atoms with Crippen molar-refractivity contribution < 1.29 is 14.2 Å². The molecule has 0 aliphatic rings. The molecule has 8 heteroatoms. The van der Waals surface area contributed by atoms with Crippen LogP contribution >= 0.6 is 0 Å². The van der Waals surface area contributed by atoms with Gasteiger partial charge in [0.05, 0.1) is 4.92 Å². The first-order chi connectivity index (χ1) is 15.2. The van der Waals surface area contributed by atoms with Gasteiger partial charge in [0.2, 0.25) is 17.6 Å². The van der Waals surface area contributed by atoms with Crippen molar-refractivity contribution in [2.75, 3.05) is 13.1 Å². The molecule has 0 aliphatic carbocycles. The number of hydrogen-bond donors (Lipinski definition) is 0. The quantitative estimate of drug-likeness (QED) is 0.356. The fourth-order valence-corrected chi connectivity index (χ4v) is 3.30. The van der Waals surface area contributed by atoms with E-state index in [0.717, 1.165) is 6.42 Å². The Balaban J connectivity index is 1.68. The standard InChI is InChI=1S/C24H28N4O4/c1-24(2,3)17-22(29)27(14-12-18-8-5-4-6-9-18)15-13-21-25-23(26-32-21)19-10-7-11-20(16-19)28(30)31/h4-11,16H,12-15,17H2,1-3H3. The third kappa shape index (κ3) is 6.73. The molecular weight excluding hydrogens is 408 g/mol. The molecule has 0 unspecified atom stereocenters. The lowest BCUT2D eigenvalue weighted by molar-refractivity contribution is -0.384. The van der Waals surface area contributed by atoms with Crippen molar-refractivity contribution >= 4 is 11.6 Å². The van der Waals surface area contributed by atoms with E-state index in [4.69, 9.17) is 4.52 Å². The van der Waals surface area contributed by atoms with Gasteiger partial charge in [-0.25, -0.2) is 0 Å². The van der Waals surface area contributed by atoms with Crippen LogP contribution in [0.15, 0.2) is 59.1 Å². The maximum atomic E-state index is 12.9. The molecule has 0 fully saturated rings. The monoisotopic (exact) mass is 436 g/mol. The lowest BCUT2D eigenvalue weighted by Crippen LogP contribution is -2.36. The van der Waals surface area contributed by atoms with Gasteiger partial charge in [-0.3, -0.25) is 14.9 Å². The number of benzene rings is 2. The number of nitro groups is 1. The van der Waals surface area contributed by atoms with Crippen molar-refractivity contribution in [3.63, 3.8) is 0 Å². The molecular formula is C24H28N4O4. The second-order valence-corrected chi connectivity index (χ2v) is 8.92. The van der Waals surface area contributed by atoms with Gasteiger partial charge in [-0.15, -0.1) is 0 Å². The van der Waals surface area contributed by atoms with Crippen molar-refractivity contribution in [1.82, 2.24) is 15.0 Å². The zero-order chi connectivity index (χ0) is 23.1. The third-order valence-corrected chi connectivity index (χ3v) is 4.93. The molecule has 1 aromatic heterocycles. The molecule has 0 saturated carbocycles. The number of carbonyl (C=O) groups excluding carboxylic acids is 1. The summed E-state index contributed by atoms with van der Waals surface area (Å²) in [7, 11) is 0. The zero-order valence-corrected chi connectivity index (χ0v) is 18.7. The van der Waals surface area contributed by atoms with Gasteiger partial charge in [0.15, 0.2) is 0 Å². The van der Waals surface area contributed by atoms with Crippen LogP contribution in [0.4, 0.5) is 5.69 Å². The van der Waals surface area contributed by atoms with Crippen LogP contribution in [0.25, 0.3) is 11.4 Å². The van der Waals surface area contributed by atoms with E-state index in [1.807, 2.05) is 43.9 Å². The van der Waals surface area contributed by atoms with Crippen LogP contribution in [0, 0.1) is 15.5 Å². The highest BCUT2D eigenvalue weighted by Gasteiger charge is 2.22. The van der Waals surface area contributed by atoms with E-state index in [2.05, 4.69) is 22.3 Å². The summed E-state index contributed by atoms with van der Waals surface area (Å²) in [6.45, 7) is 7.19. The number of amides is 1. The fraction of sp³-hybridized carbons (Fsp3) is 0.375. The van der Waals surface area contributed by atoms with Crippen molar-refractivity contribution in [1.29, 1.82) is 0 Å². The lowest BCUT2D eigenvalue weighted by Gasteiger charge is -2.26. The highest BCUT2D eigenvalue weighted by molar-refractivity contribution is 5.76. The molecule has 1 amide bonds. The van der Waals surface area contributed by atoms with E-state index in [-0.39, 0.29) is 17.0 Å². The minimum atomic E-state index is -0.462. The Morgan fingerprint density at radius 2 is 1.78 bits per heavy atom. The van der Waals surface area contributed by atoms with Crippen LogP contribution in [0.3, 0.4) is 0 Å². The van der Waals surface area contributed by atoms with Crippen molar-refractivity contribution in [3.8, 4) is 11.4 Å². The van der Waals surface area contributed by atoms with E-state index >= 15 is 0 Å². The molecule has 1 heterocycles. The number of nitrogens with zero attached hydrogens (tertiary/aromatic N) is 4. The highest BCUT2D eigenvalue weighted by atomic mass is 16.6. The first-order valence-electron chi connectivity index (χ1n) is 10.6. The van der Waals surface area contributed by atoms with Crippen molar-refractivity contribution in [2.24, 2.45) is 5.41 Å². The molecule has 0 spiro atoms. The fourth-order valence-electron chi connectivity index (χ4n) is 3.30. The predicted octanol–water partition coefficient (Wildman–Crippen LogP) is 4.69. The summed E-state index contributed by atoms with van der Waals surface area (Å²) in [6, 6.07) is 16.2. The van der Waals surface area contributed by atoms with Crippen LogP contribution in [0.2, 0.25) is 0 Å². The molecule has 0 aliphatic heterocycles. The number of nitro benzene ring substituents is 1. The summed E-state index contributed by atoms with van der Waals surface area (Å²) in [4.78, 5) is 29.7. The largest absolute Gasteiger partial charge is 0.342 e. The van der Waals surface area contributed by atoms with E-state index in [1.165, 1.54) is 17.7 Å². The Hall–Kier alpha value is -3.55. The molecule has 8 nitrogen and oxygen atoms in total. The first kappa shape index (κ1) is 23.1. The number of rotatable bonds is 9. The smallest absolute Gasteiger partial charge is 0.270 e. The van der Waals surface area contributed by atoms with Crippen LogP contribution in [-0.2, 0) is 17.6 Å². The Kier molecular flexibility index (Phi) is 7.35. The van der Waals surface area contributed by atoms with E-state index in [9.17, 15) is 14.9 Å². The Morgan fingerprint density at radius 1 is 1.06 bits per heavy atom. The van der Waals surface area contributed by atoms with Crippen LogP contribution in [-0.4, -0.2) is 39.0 Å². The van der Waals surface area contributed by atoms with Crippen molar-refractivity contribution in [3.05, 3.63) is 76.2 Å². The molecule has 0 bridgehead atoms. The highest BCUT2D eigenvalue weighted by Crippen LogP contribution is 2.22. The van der Waals surface area contributed by atoms with Gasteiger partial charge < -0.3 is 9.42 Å². The molecule has 32 heavy (non-hydrogen) atoms. The number of non-ortho nitro benzene ring substituents is 1. The molecule has 0 N–H and O–H groups in total. The van der Waals surface area contributed by atoms with Gasteiger partial charge in [0.25, 0.3) is 5.69 Å². The normalized spacial score (nSPS) is 11.3. The molecule has 2 aromatic carbocycles. The predicted molar refractivity (Wildman–Crippen MR) is 121 cm³/mol. The Bertz CT molecular complexity index is 1060. The molecule has 3 aromatic rings. The molecule has 3 rings (SSSR count). The molecule has 0 atom stereocenters. The van der Waals surface area contributed by atoms with Crippen molar-refractivity contribution in [2.45, 2.75) is 40.0 Å². The maximum Gasteiger partial charge on any atom is 0.270 e. The van der Waals surface area contributed by atoms with Gasteiger partial charge in [-0.05, 0) is 17.4 Å². The maximum absolute atomic E-state index is 12.9. The van der Waals surface area contributed by atoms with Crippen LogP contribution in [0.5, 0.6) is 0 Å². The van der Waals surface area contributed by atoms with E-state index in [1.54, 1.807) is 12.1 Å². The Labute approximate surface area is 187 Å².